The Bertz CT molecular complexity index is 1800. The van der Waals surface area contributed by atoms with Crippen LogP contribution in [0.5, 0.6) is 0 Å². The normalized spacial score (nSPS) is 12.3. The Morgan fingerprint density at radius 3 is 2.13 bits per heavy atom. The standard InChI is InChI=1S/C34H33ClF3N3O4S/c1-23-13-16-28(17-14-23)46(44,45)41(27-15-18-30(35)29(20-27)34(36,37)38)22-32(42)40(21-26-12-8-7-9-24(26)2)31(33(43)39-3)19-25-10-5-4-6-11-25/h4-18,20,31H,19,21-22H2,1-3H3,(H,39,43)/t31-/m0/s1. The average molecular weight is 672 g/mol. The van der Waals surface area contributed by atoms with E-state index in [9.17, 15) is 31.2 Å². The molecule has 0 aliphatic heterocycles. The predicted octanol–water partition coefficient (Wildman–Crippen LogP) is 6.56. The second-order valence-corrected chi connectivity index (χ2v) is 13.0. The molecular formula is C34H33ClF3N3O4S. The molecule has 4 aromatic carbocycles. The highest BCUT2D eigenvalue weighted by Gasteiger charge is 2.37. The number of benzene rings is 4. The van der Waals surface area contributed by atoms with Gasteiger partial charge in [-0.3, -0.25) is 13.9 Å². The number of carbonyl (C=O) groups is 2. The summed E-state index contributed by atoms with van der Waals surface area (Å²) in [4.78, 5) is 28.8. The van der Waals surface area contributed by atoms with E-state index in [4.69, 9.17) is 11.6 Å². The molecule has 0 saturated carbocycles. The summed E-state index contributed by atoms with van der Waals surface area (Å²) in [6.45, 7) is 2.62. The topological polar surface area (TPSA) is 86.8 Å². The lowest BCUT2D eigenvalue weighted by molar-refractivity contribution is -0.139. The summed E-state index contributed by atoms with van der Waals surface area (Å²) in [5.74, 6) is -1.29. The van der Waals surface area contributed by atoms with Crippen LogP contribution in [0, 0.1) is 13.8 Å². The second-order valence-electron chi connectivity index (χ2n) is 10.8. The fourth-order valence-electron chi connectivity index (χ4n) is 4.94. The average Bonchev–Trinajstić information content (AvgIpc) is 3.02. The van der Waals surface area contributed by atoms with Crippen LogP contribution in [-0.4, -0.2) is 44.8 Å². The van der Waals surface area contributed by atoms with Crippen LogP contribution in [0.2, 0.25) is 5.02 Å². The molecule has 0 aliphatic carbocycles. The van der Waals surface area contributed by atoms with Crippen molar-refractivity contribution in [3.05, 3.63) is 130 Å². The zero-order valence-corrected chi connectivity index (χ0v) is 27.0. The first-order valence-corrected chi connectivity index (χ1v) is 16.1. The zero-order valence-electron chi connectivity index (χ0n) is 25.4. The van der Waals surface area contributed by atoms with E-state index < -0.39 is 56.9 Å². The lowest BCUT2D eigenvalue weighted by Crippen LogP contribution is -2.53. The van der Waals surface area contributed by atoms with Gasteiger partial charge in [-0.25, -0.2) is 8.42 Å². The van der Waals surface area contributed by atoms with Crippen LogP contribution >= 0.6 is 11.6 Å². The molecule has 0 saturated heterocycles. The highest BCUT2D eigenvalue weighted by atomic mass is 35.5. The number of alkyl halides is 3. The maximum atomic E-state index is 14.4. The van der Waals surface area contributed by atoms with Gasteiger partial charge in [0.15, 0.2) is 0 Å². The minimum atomic E-state index is -4.90. The van der Waals surface area contributed by atoms with E-state index in [0.717, 1.165) is 28.8 Å². The number of hydrogen-bond acceptors (Lipinski definition) is 4. The molecule has 7 nitrogen and oxygen atoms in total. The molecule has 46 heavy (non-hydrogen) atoms. The van der Waals surface area contributed by atoms with E-state index in [-0.39, 0.29) is 17.9 Å². The van der Waals surface area contributed by atoms with Gasteiger partial charge in [0.2, 0.25) is 11.8 Å². The number of amides is 2. The lowest BCUT2D eigenvalue weighted by Gasteiger charge is -2.34. The molecule has 0 fully saturated rings. The van der Waals surface area contributed by atoms with Gasteiger partial charge in [0.1, 0.15) is 12.6 Å². The van der Waals surface area contributed by atoms with Gasteiger partial charge in [-0.05, 0) is 60.9 Å². The van der Waals surface area contributed by atoms with Gasteiger partial charge < -0.3 is 10.2 Å². The SMILES string of the molecule is CNC(=O)[C@H](Cc1ccccc1)N(Cc1ccccc1C)C(=O)CN(c1ccc(Cl)c(C(F)(F)F)c1)S(=O)(=O)c1ccc(C)cc1. The van der Waals surface area contributed by atoms with Crippen LogP contribution in [0.15, 0.2) is 102 Å². The zero-order chi connectivity index (χ0) is 33.6. The third-order valence-electron chi connectivity index (χ3n) is 7.55. The third-order valence-corrected chi connectivity index (χ3v) is 9.67. The Morgan fingerprint density at radius 2 is 1.52 bits per heavy atom. The number of hydrogen-bond donors (Lipinski definition) is 1. The molecule has 242 valence electrons. The number of carbonyl (C=O) groups excluding carboxylic acids is 2. The summed E-state index contributed by atoms with van der Waals surface area (Å²) in [5, 5.41) is 1.97. The van der Waals surface area contributed by atoms with Crippen LogP contribution in [0.3, 0.4) is 0 Å². The molecule has 2 amide bonds. The van der Waals surface area contributed by atoms with Crippen molar-refractivity contribution in [2.24, 2.45) is 0 Å². The van der Waals surface area contributed by atoms with E-state index in [1.807, 2.05) is 25.1 Å². The molecule has 4 rings (SSSR count). The maximum absolute atomic E-state index is 14.4. The Labute approximate surface area is 271 Å². The first kappa shape index (κ1) is 34.5. The molecule has 4 aromatic rings. The van der Waals surface area contributed by atoms with Crippen LogP contribution in [0.4, 0.5) is 18.9 Å². The number of nitrogens with one attached hydrogen (secondary N) is 1. The number of anilines is 1. The molecule has 1 N–H and O–H groups in total. The van der Waals surface area contributed by atoms with Gasteiger partial charge in [-0.2, -0.15) is 13.2 Å². The van der Waals surface area contributed by atoms with Crippen molar-refractivity contribution in [2.45, 2.75) is 43.9 Å². The molecule has 1 atom stereocenters. The Balaban J connectivity index is 1.86. The van der Waals surface area contributed by atoms with Gasteiger partial charge in [-0.15, -0.1) is 0 Å². The largest absolute Gasteiger partial charge is 0.417 e. The molecule has 0 radical (unpaired) electrons. The van der Waals surface area contributed by atoms with Crippen molar-refractivity contribution < 1.29 is 31.2 Å². The Kier molecular flexibility index (Phi) is 10.8. The molecular weight excluding hydrogens is 639 g/mol. The van der Waals surface area contributed by atoms with Crippen LogP contribution in [0.1, 0.15) is 27.8 Å². The quantitative estimate of drug-likeness (QED) is 0.196. The molecule has 0 aliphatic rings. The predicted molar refractivity (Wildman–Crippen MR) is 172 cm³/mol. The fourth-order valence-corrected chi connectivity index (χ4v) is 6.57. The minimum absolute atomic E-state index is 0.0662. The smallest absolute Gasteiger partial charge is 0.357 e. The van der Waals surface area contributed by atoms with Gasteiger partial charge in [0, 0.05) is 20.0 Å². The molecule has 0 spiro atoms. The first-order chi connectivity index (χ1) is 21.7. The van der Waals surface area contributed by atoms with Crippen molar-refractivity contribution in [1.29, 1.82) is 0 Å². The fraction of sp³-hybridized carbons (Fsp3) is 0.235. The molecule has 0 aromatic heterocycles. The summed E-state index contributed by atoms with van der Waals surface area (Å²) in [7, 11) is -3.16. The van der Waals surface area contributed by atoms with Crippen molar-refractivity contribution in [1.82, 2.24) is 10.2 Å². The summed E-state index contributed by atoms with van der Waals surface area (Å²) < 4.78 is 70.5. The minimum Gasteiger partial charge on any atom is -0.357 e. The molecule has 0 unspecified atom stereocenters. The molecule has 12 heteroatoms. The summed E-state index contributed by atoms with van der Waals surface area (Å²) in [6, 6.07) is 23.5. The van der Waals surface area contributed by atoms with E-state index in [2.05, 4.69) is 5.32 Å². The molecule has 0 bridgehead atoms. The number of halogens is 4. The number of likely N-dealkylation sites (N-methyl/N-ethyl adjacent to an activating group) is 1. The van der Waals surface area contributed by atoms with Crippen LogP contribution < -0.4 is 9.62 Å². The van der Waals surface area contributed by atoms with Crippen molar-refractivity contribution >= 4 is 39.1 Å². The van der Waals surface area contributed by atoms with Gasteiger partial charge >= 0.3 is 6.18 Å². The highest BCUT2D eigenvalue weighted by Crippen LogP contribution is 2.38. The van der Waals surface area contributed by atoms with E-state index >= 15 is 0 Å². The monoisotopic (exact) mass is 671 g/mol. The first-order valence-electron chi connectivity index (χ1n) is 14.3. The van der Waals surface area contributed by atoms with Crippen molar-refractivity contribution in [3.63, 3.8) is 0 Å². The maximum Gasteiger partial charge on any atom is 0.417 e. The van der Waals surface area contributed by atoms with Crippen LogP contribution in [0.25, 0.3) is 0 Å². The van der Waals surface area contributed by atoms with Gasteiger partial charge in [0.25, 0.3) is 10.0 Å². The summed E-state index contributed by atoms with van der Waals surface area (Å²) in [5.41, 5.74) is 1.36. The van der Waals surface area contributed by atoms with Crippen molar-refractivity contribution in [2.75, 3.05) is 17.9 Å². The van der Waals surface area contributed by atoms with E-state index in [0.29, 0.717) is 15.9 Å². The van der Waals surface area contributed by atoms with Crippen LogP contribution in [-0.2, 0) is 38.8 Å². The number of nitrogens with zero attached hydrogens (tertiary/aromatic N) is 2. The number of rotatable bonds is 11. The second kappa shape index (κ2) is 14.4. The lowest BCUT2D eigenvalue weighted by atomic mass is 10.0. The summed E-state index contributed by atoms with van der Waals surface area (Å²) >= 11 is 5.86. The number of sulfonamides is 1. The summed E-state index contributed by atoms with van der Waals surface area (Å²) in [6.07, 6.45) is -4.80. The van der Waals surface area contributed by atoms with E-state index in [1.165, 1.54) is 24.1 Å². The molecule has 0 heterocycles. The highest BCUT2D eigenvalue weighted by molar-refractivity contribution is 7.92. The Hall–Kier alpha value is -4.35. The third kappa shape index (κ3) is 8.07. The Morgan fingerprint density at radius 1 is 0.891 bits per heavy atom. The van der Waals surface area contributed by atoms with Gasteiger partial charge in [-0.1, -0.05) is 83.9 Å². The van der Waals surface area contributed by atoms with Crippen molar-refractivity contribution in [3.8, 4) is 0 Å². The van der Waals surface area contributed by atoms with E-state index in [1.54, 1.807) is 55.5 Å². The number of aryl methyl sites for hydroxylation is 2. The van der Waals surface area contributed by atoms with Gasteiger partial charge in [0.05, 0.1) is 21.2 Å².